The number of hydrogen-bond donors (Lipinski definition) is 2. The van der Waals surface area contributed by atoms with E-state index in [9.17, 15) is 9.90 Å². The van der Waals surface area contributed by atoms with Gasteiger partial charge in [0.1, 0.15) is 0 Å². The zero-order valence-corrected chi connectivity index (χ0v) is 9.54. The Labute approximate surface area is 91.6 Å². The summed E-state index contributed by atoms with van der Waals surface area (Å²) in [6.07, 6.45) is 4.28. The summed E-state index contributed by atoms with van der Waals surface area (Å²) in [4.78, 5) is 13.4. The summed E-state index contributed by atoms with van der Waals surface area (Å²) < 4.78 is 0. The maximum absolute atomic E-state index is 11.6. The number of rotatable bonds is 6. The van der Waals surface area contributed by atoms with Gasteiger partial charge in [-0.15, -0.1) is 0 Å². The molecule has 2 N–H and O–H groups in total. The highest BCUT2D eigenvalue weighted by molar-refractivity contribution is 5.76. The van der Waals surface area contributed by atoms with E-state index in [4.69, 9.17) is 0 Å². The minimum atomic E-state index is -0.293. The van der Waals surface area contributed by atoms with Crippen molar-refractivity contribution in [2.75, 3.05) is 26.7 Å². The number of nitrogens with one attached hydrogen (secondary N) is 1. The summed E-state index contributed by atoms with van der Waals surface area (Å²) in [5.74, 6) is 0.205. The maximum atomic E-state index is 11.6. The van der Waals surface area contributed by atoms with Gasteiger partial charge in [-0.3, -0.25) is 4.79 Å². The molecule has 1 atom stereocenters. The van der Waals surface area contributed by atoms with Gasteiger partial charge in [0.2, 0.25) is 5.91 Å². The Morgan fingerprint density at radius 3 is 2.87 bits per heavy atom. The Balaban J connectivity index is 2.03. The predicted octanol–water partition coefficient (Wildman–Crippen LogP) is 0.359. The van der Waals surface area contributed by atoms with Crippen molar-refractivity contribution < 1.29 is 9.90 Å². The summed E-state index contributed by atoms with van der Waals surface area (Å²) in [7, 11) is 1.94. The Hall–Kier alpha value is -0.610. The molecule has 1 amide bonds. The first-order chi connectivity index (χ1) is 7.24. The number of aliphatic hydroxyl groups is 1. The second-order valence-electron chi connectivity index (χ2n) is 4.20. The Bertz CT molecular complexity index is 197. The molecule has 0 aliphatic carbocycles. The average Bonchev–Trinajstić information content (AvgIpc) is 2.64. The van der Waals surface area contributed by atoms with Crippen LogP contribution in [0.4, 0.5) is 0 Å². The van der Waals surface area contributed by atoms with Crippen molar-refractivity contribution in [3.05, 3.63) is 0 Å². The molecule has 1 aliphatic rings. The molecular weight excluding hydrogens is 192 g/mol. The van der Waals surface area contributed by atoms with Gasteiger partial charge in [0.25, 0.3) is 0 Å². The number of nitrogens with zero attached hydrogens (tertiary/aromatic N) is 1. The van der Waals surface area contributed by atoms with Crippen molar-refractivity contribution in [2.24, 2.45) is 0 Å². The molecule has 0 aromatic carbocycles. The fourth-order valence-electron chi connectivity index (χ4n) is 1.88. The lowest BCUT2D eigenvalue weighted by molar-refractivity contribution is -0.130. The molecule has 15 heavy (non-hydrogen) atoms. The molecule has 4 nitrogen and oxygen atoms in total. The summed E-state index contributed by atoms with van der Waals surface area (Å²) in [6, 6.07) is 0. The number of carbonyl (C=O) groups is 1. The molecule has 1 unspecified atom stereocenters. The highest BCUT2D eigenvalue weighted by Crippen LogP contribution is 2.11. The van der Waals surface area contributed by atoms with Crippen LogP contribution in [0, 0.1) is 0 Å². The van der Waals surface area contributed by atoms with Gasteiger partial charge in [-0.25, -0.2) is 0 Å². The number of β-amino-alcohol motifs (C(OH)–C–C–N with tert-alkyl or cyclic N) is 1. The van der Waals surface area contributed by atoms with Crippen molar-refractivity contribution in [3.63, 3.8) is 0 Å². The molecular formula is C11H22N2O2. The van der Waals surface area contributed by atoms with Gasteiger partial charge in [0.05, 0.1) is 6.10 Å². The summed E-state index contributed by atoms with van der Waals surface area (Å²) in [5.41, 5.74) is 0. The molecule has 0 spiro atoms. The number of aliphatic hydroxyl groups excluding tert-OH is 1. The number of carbonyl (C=O) groups excluding carboxylic acids is 1. The van der Waals surface area contributed by atoms with Crippen LogP contribution in [-0.2, 0) is 4.79 Å². The van der Waals surface area contributed by atoms with Crippen LogP contribution in [0.25, 0.3) is 0 Å². The third-order valence-electron chi connectivity index (χ3n) is 2.83. The van der Waals surface area contributed by atoms with Gasteiger partial charge in [0, 0.05) is 19.5 Å². The van der Waals surface area contributed by atoms with E-state index in [0.717, 1.165) is 38.8 Å². The third kappa shape index (κ3) is 4.62. The van der Waals surface area contributed by atoms with Crippen LogP contribution in [0.15, 0.2) is 0 Å². The largest absolute Gasteiger partial charge is 0.391 e. The second-order valence-corrected chi connectivity index (χ2v) is 4.20. The molecule has 1 heterocycles. The predicted molar refractivity (Wildman–Crippen MR) is 59.6 cm³/mol. The van der Waals surface area contributed by atoms with E-state index in [1.165, 1.54) is 0 Å². The Morgan fingerprint density at radius 1 is 1.47 bits per heavy atom. The van der Waals surface area contributed by atoms with Crippen molar-refractivity contribution in [1.82, 2.24) is 10.2 Å². The molecule has 1 aliphatic heterocycles. The lowest BCUT2D eigenvalue weighted by Crippen LogP contribution is -2.29. The normalized spacial score (nSPS) is 20.9. The van der Waals surface area contributed by atoms with Crippen LogP contribution in [0.3, 0.4) is 0 Å². The van der Waals surface area contributed by atoms with Crippen molar-refractivity contribution in [2.45, 2.75) is 38.2 Å². The minimum Gasteiger partial charge on any atom is -0.391 e. The Kier molecular flexibility index (Phi) is 5.65. The molecule has 0 bridgehead atoms. The summed E-state index contributed by atoms with van der Waals surface area (Å²) in [5, 5.41) is 12.4. The first-order valence-electron chi connectivity index (χ1n) is 5.84. The van der Waals surface area contributed by atoms with Crippen LogP contribution >= 0.6 is 0 Å². The molecule has 4 heteroatoms. The second kappa shape index (κ2) is 6.80. The van der Waals surface area contributed by atoms with E-state index in [0.29, 0.717) is 13.0 Å². The first-order valence-corrected chi connectivity index (χ1v) is 5.84. The van der Waals surface area contributed by atoms with Crippen LogP contribution < -0.4 is 5.32 Å². The SMILES string of the molecule is CNCCCCCC(=O)N1CCC(O)C1. The number of likely N-dealkylation sites (tertiary alicyclic amines) is 1. The lowest BCUT2D eigenvalue weighted by Gasteiger charge is -2.15. The zero-order chi connectivity index (χ0) is 11.1. The molecule has 0 radical (unpaired) electrons. The van der Waals surface area contributed by atoms with E-state index in [1.807, 2.05) is 7.05 Å². The summed E-state index contributed by atoms with van der Waals surface area (Å²) >= 11 is 0. The van der Waals surface area contributed by atoms with Crippen LogP contribution in [0.2, 0.25) is 0 Å². The van der Waals surface area contributed by atoms with E-state index in [-0.39, 0.29) is 12.0 Å². The maximum Gasteiger partial charge on any atom is 0.222 e. The lowest BCUT2D eigenvalue weighted by atomic mass is 10.2. The van der Waals surface area contributed by atoms with Gasteiger partial charge < -0.3 is 15.3 Å². The van der Waals surface area contributed by atoms with Gasteiger partial charge >= 0.3 is 0 Å². The standard InChI is InChI=1S/C11H22N2O2/c1-12-7-4-2-3-5-11(15)13-8-6-10(14)9-13/h10,12,14H,2-9H2,1H3. The number of amides is 1. The molecule has 88 valence electrons. The van der Waals surface area contributed by atoms with E-state index >= 15 is 0 Å². The zero-order valence-electron chi connectivity index (χ0n) is 9.54. The topological polar surface area (TPSA) is 52.6 Å². The van der Waals surface area contributed by atoms with Crippen LogP contribution in [0.1, 0.15) is 32.1 Å². The van der Waals surface area contributed by atoms with Crippen LogP contribution in [-0.4, -0.2) is 48.7 Å². The molecule has 1 fully saturated rings. The van der Waals surface area contributed by atoms with Gasteiger partial charge in [-0.05, 0) is 32.9 Å². The van der Waals surface area contributed by atoms with Crippen molar-refractivity contribution >= 4 is 5.91 Å². The van der Waals surface area contributed by atoms with E-state index in [2.05, 4.69) is 5.32 Å². The van der Waals surface area contributed by atoms with Gasteiger partial charge in [0.15, 0.2) is 0 Å². The van der Waals surface area contributed by atoms with E-state index < -0.39 is 0 Å². The van der Waals surface area contributed by atoms with Gasteiger partial charge in [-0.1, -0.05) is 6.42 Å². The molecule has 1 rings (SSSR count). The quantitative estimate of drug-likeness (QED) is 0.628. The van der Waals surface area contributed by atoms with Gasteiger partial charge in [-0.2, -0.15) is 0 Å². The van der Waals surface area contributed by atoms with Crippen molar-refractivity contribution in [3.8, 4) is 0 Å². The highest BCUT2D eigenvalue weighted by Gasteiger charge is 2.23. The molecule has 1 saturated heterocycles. The smallest absolute Gasteiger partial charge is 0.222 e. The third-order valence-corrected chi connectivity index (χ3v) is 2.83. The first kappa shape index (κ1) is 12.5. The van der Waals surface area contributed by atoms with Crippen LogP contribution in [0.5, 0.6) is 0 Å². The number of unbranched alkanes of at least 4 members (excludes halogenated alkanes) is 2. The van der Waals surface area contributed by atoms with E-state index in [1.54, 1.807) is 4.90 Å². The molecule has 0 saturated carbocycles. The molecule has 0 aromatic heterocycles. The molecule has 0 aromatic rings. The fraction of sp³-hybridized carbons (Fsp3) is 0.909. The summed E-state index contributed by atoms with van der Waals surface area (Å²) in [6.45, 7) is 2.29. The van der Waals surface area contributed by atoms with Crippen molar-refractivity contribution in [1.29, 1.82) is 0 Å². The Morgan fingerprint density at radius 2 is 2.27 bits per heavy atom. The minimum absolute atomic E-state index is 0.205. The fourth-order valence-corrected chi connectivity index (χ4v) is 1.88. The highest BCUT2D eigenvalue weighted by atomic mass is 16.3. The monoisotopic (exact) mass is 214 g/mol. The number of hydrogen-bond acceptors (Lipinski definition) is 3. The average molecular weight is 214 g/mol.